The fourth-order valence-corrected chi connectivity index (χ4v) is 4.85. The number of rotatable bonds is 5. The van der Waals surface area contributed by atoms with Crippen LogP contribution in [0.4, 0.5) is 5.69 Å². The molecule has 1 fully saturated rings. The molecule has 2 heterocycles. The van der Waals surface area contributed by atoms with E-state index in [1.54, 1.807) is 17.0 Å². The van der Waals surface area contributed by atoms with Crippen molar-refractivity contribution in [1.82, 2.24) is 4.90 Å². The molecule has 1 atom stereocenters. The second kappa shape index (κ2) is 9.06. The molecule has 7 heteroatoms. The van der Waals surface area contributed by atoms with Crippen molar-refractivity contribution in [3.63, 3.8) is 0 Å². The van der Waals surface area contributed by atoms with Crippen LogP contribution in [0.15, 0.2) is 70.0 Å². The van der Waals surface area contributed by atoms with Gasteiger partial charge in [0.05, 0.1) is 16.6 Å². The first kappa shape index (κ1) is 20.7. The second-order valence-electron chi connectivity index (χ2n) is 7.33. The summed E-state index contributed by atoms with van der Waals surface area (Å²) in [6.45, 7) is 4.65. The average molecular weight is 443 g/mol. The van der Waals surface area contributed by atoms with E-state index in [-0.39, 0.29) is 11.7 Å². The molecule has 0 N–H and O–H groups in total. The molecule has 3 aromatic rings. The fraction of sp³-hybridized carbons (Fsp3) is 0.261. The van der Waals surface area contributed by atoms with Gasteiger partial charge in [-0.2, -0.15) is 0 Å². The van der Waals surface area contributed by atoms with Crippen LogP contribution in [-0.4, -0.2) is 41.2 Å². The summed E-state index contributed by atoms with van der Waals surface area (Å²) in [5.74, 6) is 0.964. The molecule has 2 aromatic carbocycles. The molecule has 0 spiro atoms. The quantitative estimate of drug-likeness (QED) is 0.583. The first-order valence-corrected chi connectivity index (χ1v) is 11.5. The van der Waals surface area contributed by atoms with Gasteiger partial charge in [0.1, 0.15) is 5.76 Å². The van der Waals surface area contributed by atoms with Gasteiger partial charge in [0, 0.05) is 41.8 Å². The summed E-state index contributed by atoms with van der Waals surface area (Å²) in [5, 5.41) is 0.706. The van der Waals surface area contributed by atoms with Crippen LogP contribution in [0.5, 0.6) is 0 Å². The Labute approximate surface area is 183 Å². The van der Waals surface area contributed by atoms with Gasteiger partial charge in [0.2, 0.25) is 0 Å². The summed E-state index contributed by atoms with van der Waals surface area (Å²) in [7, 11) is -1.21. The standard InChI is InChI=1S/C23H23ClN2O3S/c1-17-4-2-7-21(14-17)30(28)16-20-8-9-22(29-20)23(27)26-12-10-25(11-13-26)19-6-3-5-18(24)15-19/h2-9,14-15H,10-13,16H2,1H3. The van der Waals surface area contributed by atoms with Gasteiger partial charge < -0.3 is 14.2 Å². The maximum atomic E-state index is 12.8. The summed E-state index contributed by atoms with van der Waals surface area (Å²) in [6.07, 6.45) is 0. The van der Waals surface area contributed by atoms with Crippen molar-refractivity contribution >= 4 is 34.0 Å². The van der Waals surface area contributed by atoms with E-state index in [1.165, 1.54) is 0 Å². The zero-order valence-electron chi connectivity index (χ0n) is 16.7. The molecule has 4 rings (SSSR count). The number of carbonyl (C=O) groups is 1. The number of halogens is 1. The predicted octanol–water partition coefficient (Wildman–Crippen LogP) is 4.51. The van der Waals surface area contributed by atoms with Crippen LogP contribution in [-0.2, 0) is 16.6 Å². The second-order valence-corrected chi connectivity index (χ2v) is 9.22. The van der Waals surface area contributed by atoms with Gasteiger partial charge in [-0.1, -0.05) is 29.8 Å². The Morgan fingerprint density at radius 2 is 1.80 bits per heavy atom. The molecule has 1 aromatic heterocycles. The summed E-state index contributed by atoms with van der Waals surface area (Å²) in [5.41, 5.74) is 2.13. The minimum atomic E-state index is -1.21. The molecule has 0 saturated carbocycles. The third-order valence-corrected chi connectivity index (χ3v) is 6.70. The van der Waals surface area contributed by atoms with Crippen LogP contribution in [0.1, 0.15) is 21.9 Å². The highest BCUT2D eigenvalue weighted by Crippen LogP contribution is 2.22. The zero-order valence-corrected chi connectivity index (χ0v) is 18.3. The van der Waals surface area contributed by atoms with Crippen LogP contribution < -0.4 is 4.90 Å². The van der Waals surface area contributed by atoms with E-state index in [1.807, 2.05) is 55.5 Å². The highest BCUT2D eigenvalue weighted by Gasteiger charge is 2.24. The Balaban J connectivity index is 1.36. The summed E-state index contributed by atoms with van der Waals surface area (Å²) in [4.78, 5) is 17.6. The molecule has 156 valence electrons. The Hall–Kier alpha value is -2.57. The molecule has 0 radical (unpaired) electrons. The van der Waals surface area contributed by atoms with E-state index in [9.17, 15) is 9.00 Å². The summed E-state index contributed by atoms with van der Waals surface area (Å²) in [6, 6.07) is 18.8. The number of carbonyl (C=O) groups excluding carboxylic acids is 1. The molecule has 1 amide bonds. The highest BCUT2D eigenvalue weighted by molar-refractivity contribution is 7.84. The zero-order chi connectivity index (χ0) is 21.1. The molecule has 0 bridgehead atoms. The maximum absolute atomic E-state index is 12.8. The Kier molecular flexibility index (Phi) is 6.25. The molecule has 30 heavy (non-hydrogen) atoms. The number of hydrogen-bond donors (Lipinski definition) is 0. The van der Waals surface area contributed by atoms with E-state index in [0.717, 1.165) is 29.2 Å². The van der Waals surface area contributed by atoms with Gasteiger partial charge in [-0.25, -0.2) is 0 Å². The highest BCUT2D eigenvalue weighted by atomic mass is 35.5. The third-order valence-electron chi connectivity index (χ3n) is 5.14. The number of benzene rings is 2. The summed E-state index contributed by atoms with van der Waals surface area (Å²) < 4.78 is 18.3. The van der Waals surface area contributed by atoms with Gasteiger partial charge >= 0.3 is 0 Å². The van der Waals surface area contributed by atoms with Gasteiger partial charge in [0.15, 0.2) is 5.76 Å². The molecule has 5 nitrogen and oxygen atoms in total. The lowest BCUT2D eigenvalue weighted by Crippen LogP contribution is -2.48. The smallest absolute Gasteiger partial charge is 0.289 e. The largest absolute Gasteiger partial charge is 0.455 e. The maximum Gasteiger partial charge on any atom is 0.289 e. The lowest BCUT2D eigenvalue weighted by atomic mass is 10.2. The Morgan fingerprint density at radius 3 is 2.53 bits per heavy atom. The number of amides is 1. The van der Waals surface area contributed by atoms with Gasteiger partial charge in [0.25, 0.3) is 5.91 Å². The van der Waals surface area contributed by atoms with Gasteiger partial charge in [-0.3, -0.25) is 9.00 Å². The third kappa shape index (κ3) is 4.77. The van der Waals surface area contributed by atoms with Gasteiger partial charge in [-0.05, 0) is 55.0 Å². The van der Waals surface area contributed by atoms with Gasteiger partial charge in [-0.15, -0.1) is 0 Å². The van der Waals surface area contributed by atoms with Crippen LogP contribution in [0.25, 0.3) is 0 Å². The molecule has 1 aliphatic heterocycles. The lowest BCUT2D eigenvalue weighted by molar-refractivity contribution is 0.0713. The topological polar surface area (TPSA) is 53.8 Å². The minimum absolute atomic E-state index is 0.131. The van der Waals surface area contributed by atoms with E-state index >= 15 is 0 Å². The van der Waals surface area contributed by atoms with Crippen molar-refractivity contribution in [2.24, 2.45) is 0 Å². The molecule has 1 saturated heterocycles. The van der Waals surface area contributed by atoms with E-state index in [4.69, 9.17) is 16.0 Å². The Bertz CT molecular complexity index is 1070. The Morgan fingerprint density at radius 1 is 1.03 bits per heavy atom. The van der Waals surface area contributed by atoms with Crippen molar-refractivity contribution in [2.45, 2.75) is 17.6 Å². The van der Waals surface area contributed by atoms with E-state index < -0.39 is 10.8 Å². The van der Waals surface area contributed by atoms with Crippen LogP contribution in [0, 0.1) is 6.92 Å². The lowest BCUT2D eigenvalue weighted by Gasteiger charge is -2.35. The first-order valence-electron chi connectivity index (χ1n) is 9.83. The molecular weight excluding hydrogens is 420 g/mol. The van der Waals surface area contributed by atoms with Crippen LogP contribution in [0.2, 0.25) is 5.02 Å². The number of piperazine rings is 1. The van der Waals surface area contributed by atoms with Crippen molar-refractivity contribution in [3.05, 3.63) is 82.8 Å². The normalized spacial score (nSPS) is 15.3. The van der Waals surface area contributed by atoms with E-state index in [0.29, 0.717) is 29.6 Å². The number of anilines is 1. The molecule has 1 unspecified atom stereocenters. The van der Waals surface area contributed by atoms with Crippen molar-refractivity contribution in [3.8, 4) is 0 Å². The van der Waals surface area contributed by atoms with Crippen molar-refractivity contribution in [1.29, 1.82) is 0 Å². The van der Waals surface area contributed by atoms with Crippen LogP contribution >= 0.6 is 11.6 Å². The average Bonchev–Trinajstić information content (AvgIpc) is 3.22. The molecule has 1 aliphatic rings. The van der Waals surface area contributed by atoms with Crippen LogP contribution in [0.3, 0.4) is 0 Å². The number of aryl methyl sites for hydroxylation is 1. The van der Waals surface area contributed by atoms with E-state index in [2.05, 4.69) is 4.90 Å². The fourth-order valence-electron chi connectivity index (χ4n) is 3.54. The number of hydrogen-bond acceptors (Lipinski definition) is 4. The van der Waals surface area contributed by atoms with Crippen molar-refractivity contribution < 1.29 is 13.4 Å². The molecule has 0 aliphatic carbocycles. The monoisotopic (exact) mass is 442 g/mol. The predicted molar refractivity (Wildman–Crippen MR) is 120 cm³/mol. The molecular formula is C23H23ClN2O3S. The summed E-state index contributed by atoms with van der Waals surface area (Å²) >= 11 is 6.08. The first-order chi connectivity index (χ1) is 14.5. The number of furan rings is 1. The van der Waals surface area contributed by atoms with Crippen molar-refractivity contribution in [2.75, 3.05) is 31.1 Å². The number of nitrogens with zero attached hydrogens (tertiary/aromatic N) is 2. The minimum Gasteiger partial charge on any atom is -0.455 e. The SMILES string of the molecule is Cc1cccc(S(=O)Cc2ccc(C(=O)N3CCN(c4cccc(Cl)c4)CC3)o2)c1.